The lowest BCUT2D eigenvalue weighted by molar-refractivity contribution is 0.0719. The number of hydrogen-bond acceptors (Lipinski definition) is 3. The fourth-order valence-electron chi connectivity index (χ4n) is 2.64. The summed E-state index contributed by atoms with van der Waals surface area (Å²) in [6.07, 6.45) is 1.70. The van der Waals surface area contributed by atoms with Crippen LogP contribution in [0.25, 0.3) is 10.1 Å². The van der Waals surface area contributed by atoms with Crippen LogP contribution < -0.4 is 5.73 Å². The Bertz CT molecular complexity index is 665. The number of likely N-dealkylation sites (tertiary alicyclic amines) is 1. The van der Waals surface area contributed by atoms with Gasteiger partial charge in [-0.15, -0.1) is 23.7 Å². The largest absolute Gasteiger partial charge is 0.338 e. The predicted molar refractivity (Wildman–Crippen MR) is 86.9 cm³/mol. The Kier molecular flexibility index (Phi) is 4.86. The summed E-state index contributed by atoms with van der Waals surface area (Å²) >= 11 is 1.45. The number of aryl methyl sites for hydroxylation is 1. The van der Waals surface area contributed by atoms with Crippen molar-refractivity contribution >= 4 is 39.7 Å². The molecule has 1 aromatic carbocycles. The van der Waals surface area contributed by atoms with Crippen LogP contribution >= 0.6 is 23.7 Å². The zero-order valence-corrected chi connectivity index (χ0v) is 13.4. The van der Waals surface area contributed by atoms with E-state index in [-0.39, 0.29) is 30.2 Å². The molecule has 1 saturated heterocycles. The number of nitrogens with zero attached hydrogens (tertiary/aromatic N) is 1. The van der Waals surface area contributed by atoms with Crippen molar-refractivity contribution in [2.75, 3.05) is 13.1 Å². The molecule has 2 heterocycles. The van der Waals surface area contributed by atoms with Crippen molar-refractivity contribution in [1.29, 1.82) is 0 Å². The molecule has 3 rings (SSSR count). The van der Waals surface area contributed by atoms with Gasteiger partial charge in [0.25, 0.3) is 5.91 Å². The van der Waals surface area contributed by atoms with Crippen LogP contribution in [0.3, 0.4) is 0 Å². The van der Waals surface area contributed by atoms with E-state index in [1.807, 2.05) is 11.8 Å². The smallest absolute Gasteiger partial charge is 0.264 e. The molecule has 0 unspecified atom stereocenters. The molecule has 0 bridgehead atoms. The lowest BCUT2D eigenvalue weighted by Crippen LogP contribution is -2.42. The lowest BCUT2D eigenvalue weighted by atomic mass is 10.1. The highest BCUT2D eigenvalue weighted by atomic mass is 35.5. The first kappa shape index (κ1) is 16.2. The number of amides is 1. The molecule has 3 nitrogen and oxygen atoms in total. The average molecular weight is 329 g/mol. The van der Waals surface area contributed by atoms with Crippen molar-refractivity contribution in [2.24, 2.45) is 5.73 Å². The molecule has 2 N–H and O–H groups in total. The van der Waals surface area contributed by atoms with Crippen molar-refractivity contribution in [1.82, 2.24) is 4.90 Å². The van der Waals surface area contributed by atoms with E-state index in [1.54, 1.807) is 6.07 Å². The minimum atomic E-state index is -0.263. The van der Waals surface area contributed by atoms with Gasteiger partial charge in [-0.2, -0.15) is 0 Å². The van der Waals surface area contributed by atoms with Crippen LogP contribution in [0.2, 0.25) is 0 Å². The predicted octanol–water partition coefficient (Wildman–Crippen LogP) is 3.33. The van der Waals surface area contributed by atoms with Gasteiger partial charge in [0.15, 0.2) is 0 Å². The van der Waals surface area contributed by atoms with Crippen LogP contribution in [-0.2, 0) is 0 Å². The zero-order valence-electron chi connectivity index (χ0n) is 11.8. The number of piperidine rings is 1. The summed E-state index contributed by atoms with van der Waals surface area (Å²) in [5.74, 6) is -0.211. The van der Waals surface area contributed by atoms with E-state index in [4.69, 9.17) is 5.73 Å². The lowest BCUT2D eigenvalue weighted by Gasteiger charge is -2.30. The first-order valence-electron chi connectivity index (χ1n) is 6.80. The molecule has 0 atom stereocenters. The number of benzene rings is 1. The highest BCUT2D eigenvalue weighted by Crippen LogP contribution is 2.32. The van der Waals surface area contributed by atoms with Gasteiger partial charge in [-0.3, -0.25) is 4.79 Å². The van der Waals surface area contributed by atoms with Crippen molar-refractivity contribution in [3.8, 4) is 0 Å². The summed E-state index contributed by atoms with van der Waals surface area (Å²) in [6.45, 7) is 3.31. The van der Waals surface area contributed by atoms with Gasteiger partial charge in [0, 0.05) is 23.8 Å². The van der Waals surface area contributed by atoms with Gasteiger partial charge < -0.3 is 10.6 Å². The van der Waals surface area contributed by atoms with Gasteiger partial charge in [0.1, 0.15) is 5.82 Å². The summed E-state index contributed by atoms with van der Waals surface area (Å²) in [6, 6.07) is 4.89. The Morgan fingerprint density at radius 2 is 2.05 bits per heavy atom. The fraction of sp³-hybridized carbons (Fsp3) is 0.400. The van der Waals surface area contributed by atoms with E-state index >= 15 is 0 Å². The quantitative estimate of drug-likeness (QED) is 0.872. The Labute approximate surface area is 133 Å². The number of hydrogen-bond donors (Lipinski definition) is 1. The molecule has 0 aliphatic carbocycles. The molecular weight excluding hydrogens is 311 g/mol. The molecule has 21 heavy (non-hydrogen) atoms. The zero-order chi connectivity index (χ0) is 14.3. The van der Waals surface area contributed by atoms with Crippen molar-refractivity contribution < 1.29 is 9.18 Å². The van der Waals surface area contributed by atoms with Crippen LogP contribution in [-0.4, -0.2) is 29.9 Å². The third-order valence-electron chi connectivity index (χ3n) is 3.92. The SMILES string of the molecule is Cc1c(C(=O)N2CCC(N)CC2)sc2ccc(F)cc12.Cl. The molecule has 6 heteroatoms. The number of halogens is 2. The van der Waals surface area contributed by atoms with E-state index in [1.165, 1.54) is 23.5 Å². The first-order valence-corrected chi connectivity index (χ1v) is 7.61. The molecule has 0 saturated carbocycles. The minimum Gasteiger partial charge on any atom is -0.338 e. The highest BCUT2D eigenvalue weighted by molar-refractivity contribution is 7.21. The van der Waals surface area contributed by atoms with Crippen LogP contribution in [0.15, 0.2) is 18.2 Å². The average Bonchev–Trinajstić information content (AvgIpc) is 2.76. The summed E-state index contributed by atoms with van der Waals surface area (Å²) in [4.78, 5) is 15.2. The summed E-state index contributed by atoms with van der Waals surface area (Å²) in [5, 5.41) is 0.840. The topological polar surface area (TPSA) is 46.3 Å². The van der Waals surface area contributed by atoms with E-state index in [0.717, 1.165) is 33.4 Å². The molecule has 114 valence electrons. The molecule has 1 aromatic heterocycles. The second-order valence-electron chi connectivity index (χ2n) is 5.33. The molecule has 1 fully saturated rings. The molecular formula is C15H18ClFN2OS. The normalized spacial score (nSPS) is 16.0. The number of carbonyl (C=O) groups excluding carboxylic acids is 1. The van der Waals surface area contributed by atoms with Gasteiger partial charge in [0.05, 0.1) is 4.88 Å². The third kappa shape index (κ3) is 3.05. The van der Waals surface area contributed by atoms with Crippen molar-refractivity contribution in [3.63, 3.8) is 0 Å². The maximum Gasteiger partial charge on any atom is 0.264 e. The van der Waals surface area contributed by atoms with Crippen molar-refractivity contribution in [3.05, 3.63) is 34.5 Å². The second-order valence-corrected chi connectivity index (χ2v) is 6.38. The third-order valence-corrected chi connectivity index (χ3v) is 5.18. The maximum atomic E-state index is 13.3. The molecule has 2 aromatic rings. The standard InChI is InChI=1S/C15H17FN2OS.ClH/c1-9-12-8-10(16)2-3-13(12)20-14(9)15(19)18-6-4-11(17)5-7-18;/h2-3,8,11H,4-7,17H2,1H3;1H. The van der Waals surface area contributed by atoms with Gasteiger partial charge in [0.2, 0.25) is 0 Å². The van der Waals surface area contributed by atoms with E-state index in [2.05, 4.69) is 0 Å². The molecule has 0 spiro atoms. The summed E-state index contributed by atoms with van der Waals surface area (Å²) < 4.78 is 14.3. The van der Waals surface area contributed by atoms with Crippen LogP contribution in [0, 0.1) is 12.7 Å². The second kappa shape index (κ2) is 6.30. The van der Waals surface area contributed by atoms with E-state index in [0.29, 0.717) is 13.1 Å². The maximum absolute atomic E-state index is 13.3. The van der Waals surface area contributed by atoms with E-state index < -0.39 is 0 Å². The Balaban J connectivity index is 0.00000161. The summed E-state index contributed by atoms with van der Waals surface area (Å²) in [7, 11) is 0. The Morgan fingerprint density at radius 1 is 1.38 bits per heavy atom. The highest BCUT2D eigenvalue weighted by Gasteiger charge is 2.25. The van der Waals surface area contributed by atoms with E-state index in [9.17, 15) is 9.18 Å². The van der Waals surface area contributed by atoms with Crippen LogP contribution in [0.5, 0.6) is 0 Å². The van der Waals surface area contributed by atoms with Gasteiger partial charge >= 0.3 is 0 Å². The first-order chi connectivity index (χ1) is 9.56. The summed E-state index contributed by atoms with van der Waals surface area (Å²) in [5.41, 5.74) is 6.75. The molecule has 0 radical (unpaired) electrons. The monoisotopic (exact) mass is 328 g/mol. The minimum absolute atomic E-state index is 0. The molecule has 1 aliphatic rings. The van der Waals surface area contributed by atoms with Gasteiger partial charge in [-0.05, 0) is 48.9 Å². The Hall–Kier alpha value is -1.17. The van der Waals surface area contributed by atoms with Gasteiger partial charge in [-0.1, -0.05) is 0 Å². The molecule has 1 aliphatic heterocycles. The number of carbonyl (C=O) groups is 1. The number of rotatable bonds is 1. The number of fused-ring (bicyclic) bond motifs is 1. The molecule has 1 amide bonds. The number of thiophene rings is 1. The van der Waals surface area contributed by atoms with Crippen LogP contribution in [0.1, 0.15) is 28.1 Å². The van der Waals surface area contributed by atoms with Crippen LogP contribution in [0.4, 0.5) is 4.39 Å². The Morgan fingerprint density at radius 3 is 2.71 bits per heavy atom. The fourth-order valence-corrected chi connectivity index (χ4v) is 3.80. The van der Waals surface area contributed by atoms with Crippen molar-refractivity contribution in [2.45, 2.75) is 25.8 Å². The van der Waals surface area contributed by atoms with Gasteiger partial charge in [-0.25, -0.2) is 4.39 Å². The number of nitrogens with two attached hydrogens (primary N) is 1.